The molecule has 1 heterocycles. The molecule has 7 heteroatoms. The predicted octanol–water partition coefficient (Wildman–Crippen LogP) is 4.02. The second-order valence-electron chi connectivity index (χ2n) is 6.67. The number of carbonyl (C=O) groups is 2. The number of aromatic nitrogens is 1. The number of hydrogen-bond donors (Lipinski definition) is 2. The Morgan fingerprint density at radius 2 is 1.66 bits per heavy atom. The molecule has 2 N–H and O–H groups in total. The number of carboxylic acids is 2. The normalized spacial score (nSPS) is 10.5. The van der Waals surface area contributed by atoms with E-state index in [4.69, 9.17) is 24.8 Å². The van der Waals surface area contributed by atoms with Gasteiger partial charge in [0.25, 0.3) is 0 Å². The van der Waals surface area contributed by atoms with Crippen LogP contribution in [0.25, 0.3) is 22.0 Å². The first-order valence-electron chi connectivity index (χ1n) is 8.98. The van der Waals surface area contributed by atoms with Crippen LogP contribution in [-0.4, -0.2) is 58.4 Å². The van der Waals surface area contributed by atoms with E-state index in [1.807, 2.05) is 11.8 Å². The molecule has 0 aliphatic heterocycles. The summed E-state index contributed by atoms with van der Waals surface area (Å²) in [4.78, 5) is 25.4. The Morgan fingerprint density at radius 3 is 2.24 bits per heavy atom. The average molecular weight is 413 g/mol. The van der Waals surface area contributed by atoms with Gasteiger partial charge in [0.1, 0.15) is 5.03 Å². The number of fused-ring (bicyclic) bond motifs is 1. The van der Waals surface area contributed by atoms with Crippen LogP contribution in [0.4, 0.5) is 0 Å². The molecule has 0 saturated carbocycles. The van der Waals surface area contributed by atoms with E-state index in [1.54, 1.807) is 0 Å². The van der Waals surface area contributed by atoms with Crippen molar-refractivity contribution in [2.75, 3.05) is 26.4 Å². The summed E-state index contributed by atoms with van der Waals surface area (Å²) in [7, 11) is 4.21. The van der Waals surface area contributed by atoms with Gasteiger partial charge in [0, 0.05) is 23.2 Å². The molecule has 0 saturated heterocycles. The van der Waals surface area contributed by atoms with Gasteiger partial charge in [0.2, 0.25) is 0 Å². The molecule has 0 fully saturated rings. The van der Waals surface area contributed by atoms with Crippen molar-refractivity contribution in [1.29, 1.82) is 0 Å². The quantitative estimate of drug-likeness (QED) is 0.483. The zero-order chi connectivity index (χ0) is 21.4. The monoisotopic (exact) mass is 412 g/mol. The van der Waals surface area contributed by atoms with Crippen LogP contribution in [0.1, 0.15) is 5.56 Å². The molecule has 29 heavy (non-hydrogen) atoms. The summed E-state index contributed by atoms with van der Waals surface area (Å²) in [6.45, 7) is 3.16. The van der Waals surface area contributed by atoms with Gasteiger partial charge < -0.3 is 15.1 Å². The fourth-order valence-corrected chi connectivity index (χ4v) is 3.66. The van der Waals surface area contributed by atoms with Crippen LogP contribution in [0.2, 0.25) is 0 Å². The molecule has 0 atom stereocenters. The van der Waals surface area contributed by atoms with Gasteiger partial charge in [0.15, 0.2) is 0 Å². The van der Waals surface area contributed by atoms with Crippen molar-refractivity contribution in [1.82, 2.24) is 9.88 Å². The number of carboxylic acid groups (broad SMARTS) is 2. The molecular formula is C22H24N2O4S. The highest BCUT2D eigenvalue weighted by atomic mass is 32.2. The van der Waals surface area contributed by atoms with Crippen LogP contribution < -0.4 is 0 Å². The van der Waals surface area contributed by atoms with Gasteiger partial charge in [-0.15, -0.1) is 11.8 Å². The maximum atomic E-state index is 9.10. The fraction of sp³-hybridized carbons (Fsp3) is 0.227. The van der Waals surface area contributed by atoms with Crippen LogP contribution in [0.15, 0.2) is 59.6 Å². The predicted molar refractivity (Wildman–Crippen MR) is 116 cm³/mol. The van der Waals surface area contributed by atoms with Crippen LogP contribution in [0, 0.1) is 6.92 Å². The minimum Gasteiger partial charge on any atom is -0.473 e. The molecule has 0 aliphatic rings. The molecule has 0 aliphatic carbocycles. The average Bonchev–Trinajstić information content (AvgIpc) is 2.68. The number of rotatable bonds is 5. The fourth-order valence-electron chi connectivity index (χ4n) is 2.52. The van der Waals surface area contributed by atoms with Gasteiger partial charge in [-0.1, -0.05) is 42.5 Å². The van der Waals surface area contributed by atoms with E-state index < -0.39 is 11.9 Å². The van der Waals surface area contributed by atoms with Gasteiger partial charge in [-0.2, -0.15) is 0 Å². The van der Waals surface area contributed by atoms with Crippen molar-refractivity contribution in [2.24, 2.45) is 0 Å². The maximum Gasteiger partial charge on any atom is 0.414 e. The largest absolute Gasteiger partial charge is 0.473 e. The smallest absolute Gasteiger partial charge is 0.414 e. The molecule has 0 amide bonds. The van der Waals surface area contributed by atoms with Gasteiger partial charge in [0.05, 0.1) is 5.52 Å². The molecule has 0 bridgehead atoms. The van der Waals surface area contributed by atoms with Crippen LogP contribution in [0.5, 0.6) is 0 Å². The first-order valence-corrected chi connectivity index (χ1v) is 9.97. The highest BCUT2D eigenvalue weighted by molar-refractivity contribution is 7.99. The van der Waals surface area contributed by atoms with Gasteiger partial charge >= 0.3 is 11.9 Å². The maximum absolute atomic E-state index is 9.10. The Kier molecular flexibility index (Phi) is 8.18. The van der Waals surface area contributed by atoms with E-state index in [1.165, 1.54) is 22.1 Å². The van der Waals surface area contributed by atoms with E-state index in [-0.39, 0.29) is 0 Å². The third kappa shape index (κ3) is 6.89. The Morgan fingerprint density at radius 1 is 1.00 bits per heavy atom. The summed E-state index contributed by atoms with van der Waals surface area (Å²) in [5.74, 6) is -2.61. The second-order valence-corrected chi connectivity index (χ2v) is 7.75. The van der Waals surface area contributed by atoms with E-state index in [0.717, 1.165) is 22.8 Å². The molecule has 1 aromatic heterocycles. The highest BCUT2D eigenvalue weighted by Crippen LogP contribution is 2.33. The number of nitrogens with zero attached hydrogens (tertiary/aromatic N) is 2. The third-order valence-corrected chi connectivity index (χ3v) is 4.95. The molecular weight excluding hydrogens is 388 g/mol. The summed E-state index contributed by atoms with van der Waals surface area (Å²) in [5.41, 5.74) is 4.79. The van der Waals surface area contributed by atoms with Crippen molar-refractivity contribution in [2.45, 2.75) is 11.9 Å². The van der Waals surface area contributed by atoms with Crippen molar-refractivity contribution in [3.8, 4) is 11.1 Å². The standard InChI is InChI=1S/C20H22N2S.C2H2O4/c1-15-9-10-17-14-18(16-7-5-4-6-8-16)20(21-19(17)13-15)23-12-11-22(2)3;3-1(4)2(5)6/h4-10,13-14H,11-12H2,1-3H3;(H,3,4)(H,5,6). The molecule has 3 rings (SSSR count). The van der Waals surface area contributed by atoms with E-state index >= 15 is 0 Å². The number of aryl methyl sites for hydroxylation is 1. The van der Waals surface area contributed by atoms with Crippen LogP contribution in [-0.2, 0) is 9.59 Å². The highest BCUT2D eigenvalue weighted by Gasteiger charge is 2.10. The van der Waals surface area contributed by atoms with Gasteiger partial charge in [-0.25, -0.2) is 14.6 Å². The van der Waals surface area contributed by atoms with Crippen molar-refractivity contribution in [3.05, 3.63) is 60.2 Å². The zero-order valence-electron chi connectivity index (χ0n) is 16.6. The summed E-state index contributed by atoms with van der Waals surface area (Å²) < 4.78 is 0. The van der Waals surface area contributed by atoms with Crippen molar-refractivity contribution < 1.29 is 19.8 Å². The Hall–Kier alpha value is -2.90. The number of thioether (sulfide) groups is 1. The lowest BCUT2D eigenvalue weighted by atomic mass is 10.0. The topological polar surface area (TPSA) is 90.7 Å². The third-order valence-electron chi connectivity index (χ3n) is 3.98. The molecule has 3 aromatic rings. The van der Waals surface area contributed by atoms with Crippen molar-refractivity contribution >= 4 is 34.6 Å². The van der Waals surface area contributed by atoms with Crippen molar-refractivity contribution in [3.63, 3.8) is 0 Å². The number of pyridine rings is 1. The van der Waals surface area contributed by atoms with Crippen LogP contribution >= 0.6 is 11.8 Å². The van der Waals surface area contributed by atoms with E-state index in [0.29, 0.717) is 0 Å². The Labute approximate surface area is 174 Å². The van der Waals surface area contributed by atoms with Gasteiger partial charge in [-0.05, 0) is 44.3 Å². The lowest BCUT2D eigenvalue weighted by molar-refractivity contribution is -0.159. The van der Waals surface area contributed by atoms with E-state index in [9.17, 15) is 0 Å². The van der Waals surface area contributed by atoms with Gasteiger partial charge in [-0.3, -0.25) is 0 Å². The number of hydrogen-bond acceptors (Lipinski definition) is 5. The molecule has 6 nitrogen and oxygen atoms in total. The summed E-state index contributed by atoms with van der Waals surface area (Å²) in [6, 6.07) is 19.3. The lowest BCUT2D eigenvalue weighted by Gasteiger charge is -2.13. The minimum atomic E-state index is -1.82. The molecule has 0 spiro atoms. The molecule has 152 valence electrons. The molecule has 2 aromatic carbocycles. The zero-order valence-corrected chi connectivity index (χ0v) is 17.4. The number of aliphatic carboxylic acids is 2. The summed E-state index contributed by atoms with van der Waals surface area (Å²) in [5, 5.41) is 17.1. The SMILES string of the molecule is Cc1ccc2cc(-c3ccccc3)c(SCCN(C)C)nc2c1.O=C(O)C(=O)O. The lowest BCUT2D eigenvalue weighted by Crippen LogP contribution is -2.14. The summed E-state index contributed by atoms with van der Waals surface area (Å²) in [6.07, 6.45) is 0. The molecule has 0 unspecified atom stereocenters. The molecule has 0 radical (unpaired) electrons. The minimum absolute atomic E-state index is 1.04. The van der Waals surface area contributed by atoms with Crippen LogP contribution in [0.3, 0.4) is 0 Å². The Bertz CT molecular complexity index is 979. The van der Waals surface area contributed by atoms with E-state index in [2.05, 4.69) is 80.5 Å². The summed E-state index contributed by atoms with van der Waals surface area (Å²) >= 11 is 1.84. The number of benzene rings is 2. The first-order chi connectivity index (χ1) is 13.8. The Balaban J connectivity index is 0.000000438. The second kappa shape index (κ2) is 10.6. The first kappa shape index (κ1) is 22.4.